The number of rotatable bonds is 5. The van der Waals surface area contributed by atoms with Gasteiger partial charge >= 0.3 is 0 Å². The van der Waals surface area contributed by atoms with Crippen molar-refractivity contribution in [2.24, 2.45) is 10.9 Å². The van der Waals surface area contributed by atoms with Crippen LogP contribution in [0.1, 0.15) is 18.9 Å². The number of nitrogens with two attached hydrogens (primary N) is 1. The van der Waals surface area contributed by atoms with Gasteiger partial charge in [0, 0.05) is 18.1 Å². The molecular formula is C14H18N4O. The molecule has 0 saturated carbocycles. The summed E-state index contributed by atoms with van der Waals surface area (Å²) < 4.78 is 0. The fourth-order valence-electron chi connectivity index (χ4n) is 2.07. The van der Waals surface area contributed by atoms with Crippen molar-refractivity contribution in [1.29, 1.82) is 0 Å². The summed E-state index contributed by atoms with van der Waals surface area (Å²) in [4.78, 5) is 4.40. The molecule has 1 aromatic carbocycles. The van der Waals surface area contributed by atoms with Crippen LogP contribution in [0.4, 0.5) is 0 Å². The lowest BCUT2D eigenvalue weighted by Crippen LogP contribution is -2.40. The summed E-state index contributed by atoms with van der Waals surface area (Å²) in [5.41, 5.74) is 7.70. The van der Waals surface area contributed by atoms with Gasteiger partial charge in [-0.15, -0.1) is 0 Å². The number of oxime groups is 1. The van der Waals surface area contributed by atoms with E-state index in [1.165, 1.54) is 0 Å². The lowest BCUT2D eigenvalue weighted by atomic mass is 10.1. The van der Waals surface area contributed by atoms with Gasteiger partial charge in [0.1, 0.15) is 0 Å². The molecule has 2 rings (SSSR count). The highest BCUT2D eigenvalue weighted by Crippen LogP contribution is 2.15. The summed E-state index contributed by atoms with van der Waals surface area (Å²) in [5, 5.41) is 16.1. The molecule has 1 atom stereocenters. The molecule has 1 heterocycles. The Hall–Kier alpha value is -2.14. The van der Waals surface area contributed by atoms with Crippen molar-refractivity contribution in [3.63, 3.8) is 0 Å². The molecule has 19 heavy (non-hydrogen) atoms. The van der Waals surface area contributed by atoms with Gasteiger partial charge in [-0.3, -0.25) is 4.98 Å². The zero-order valence-corrected chi connectivity index (χ0v) is 10.9. The van der Waals surface area contributed by atoms with Gasteiger partial charge < -0.3 is 16.3 Å². The first-order valence-corrected chi connectivity index (χ1v) is 6.29. The van der Waals surface area contributed by atoms with Gasteiger partial charge in [0.25, 0.3) is 0 Å². The van der Waals surface area contributed by atoms with Crippen LogP contribution in [0.3, 0.4) is 0 Å². The predicted molar refractivity (Wildman–Crippen MR) is 76.1 cm³/mol. The molecule has 0 aliphatic rings. The number of benzene rings is 1. The number of pyridine rings is 1. The minimum Gasteiger partial charge on any atom is -0.409 e. The summed E-state index contributed by atoms with van der Waals surface area (Å²) >= 11 is 0. The van der Waals surface area contributed by atoms with Crippen LogP contribution in [0.5, 0.6) is 0 Å². The van der Waals surface area contributed by atoms with E-state index in [-0.39, 0.29) is 11.9 Å². The molecule has 5 heteroatoms. The maximum atomic E-state index is 8.72. The van der Waals surface area contributed by atoms with Gasteiger partial charge in [-0.2, -0.15) is 0 Å². The van der Waals surface area contributed by atoms with Crippen LogP contribution in [0.15, 0.2) is 41.7 Å². The molecule has 5 nitrogen and oxygen atoms in total. The number of para-hydroxylation sites is 1. The largest absolute Gasteiger partial charge is 0.409 e. The molecule has 0 radical (unpaired) electrons. The minimum atomic E-state index is -0.135. The van der Waals surface area contributed by atoms with Gasteiger partial charge in [-0.25, -0.2) is 0 Å². The number of hydrogen-bond donors (Lipinski definition) is 3. The molecule has 1 unspecified atom stereocenters. The van der Waals surface area contributed by atoms with Crippen molar-refractivity contribution >= 4 is 16.7 Å². The predicted octanol–water partition coefficient (Wildman–Crippen LogP) is 1.85. The Kier molecular flexibility index (Phi) is 4.30. The maximum absolute atomic E-state index is 8.72. The Morgan fingerprint density at radius 2 is 2.21 bits per heavy atom. The first-order chi connectivity index (χ1) is 9.26. The summed E-state index contributed by atoms with van der Waals surface area (Å²) in [5.74, 6) is 0.204. The van der Waals surface area contributed by atoms with E-state index in [4.69, 9.17) is 10.9 Å². The number of fused-ring (bicyclic) bond motifs is 1. The Morgan fingerprint density at radius 1 is 1.42 bits per heavy atom. The van der Waals surface area contributed by atoms with Crippen LogP contribution in [0.25, 0.3) is 10.9 Å². The van der Waals surface area contributed by atoms with E-state index in [2.05, 4.69) is 15.5 Å². The molecule has 0 bridgehead atoms. The third kappa shape index (κ3) is 3.00. The fourth-order valence-corrected chi connectivity index (χ4v) is 2.07. The summed E-state index contributed by atoms with van der Waals surface area (Å²) in [6, 6.07) is 9.89. The average molecular weight is 258 g/mol. The minimum absolute atomic E-state index is 0.135. The second-order valence-corrected chi connectivity index (χ2v) is 4.36. The second kappa shape index (κ2) is 6.15. The molecule has 0 spiro atoms. The van der Waals surface area contributed by atoms with Gasteiger partial charge in [0.15, 0.2) is 5.84 Å². The SMILES string of the molecule is CCC(NCc1cccc2cccnc12)/C(N)=N/O. The standard InChI is InChI=1S/C14H18N4O/c1-2-12(14(15)18-19)17-9-11-6-3-5-10-7-4-8-16-13(10)11/h3-8,12,17,19H,2,9H2,1H3,(H2,15,18). The quantitative estimate of drug-likeness (QED) is 0.331. The number of amidine groups is 1. The van der Waals surface area contributed by atoms with Crippen molar-refractivity contribution in [2.45, 2.75) is 25.9 Å². The summed E-state index contributed by atoms with van der Waals surface area (Å²) in [7, 11) is 0. The highest BCUT2D eigenvalue weighted by atomic mass is 16.4. The molecule has 0 aliphatic carbocycles. The second-order valence-electron chi connectivity index (χ2n) is 4.36. The average Bonchev–Trinajstić information content (AvgIpc) is 2.47. The van der Waals surface area contributed by atoms with E-state index in [1.807, 2.05) is 37.3 Å². The van der Waals surface area contributed by atoms with Gasteiger partial charge in [-0.05, 0) is 18.1 Å². The number of hydrogen-bond acceptors (Lipinski definition) is 4. The van der Waals surface area contributed by atoms with Crippen LogP contribution in [0.2, 0.25) is 0 Å². The molecular weight excluding hydrogens is 240 g/mol. The van der Waals surface area contributed by atoms with Gasteiger partial charge in [-0.1, -0.05) is 36.3 Å². The molecule has 0 aliphatic heterocycles. The molecule has 100 valence electrons. The van der Waals surface area contributed by atoms with Crippen LogP contribution < -0.4 is 11.1 Å². The summed E-state index contributed by atoms with van der Waals surface area (Å²) in [6.45, 7) is 2.61. The monoisotopic (exact) mass is 258 g/mol. The lowest BCUT2D eigenvalue weighted by molar-refractivity contribution is 0.314. The molecule has 4 N–H and O–H groups in total. The molecule has 0 fully saturated rings. The zero-order chi connectivity index (χ0) is 13.7. The third-order valence-corrected chi connectivity index (χ3v) is 3.14. The van der Waals surface area contributed by atoms with Crippen LogP contribution in [0, 0.1) is 0 Å². The van der Waals surface area contributed by atoms with E-state index >= 15 is 0 Å². The van der Waals surface area contributed by atoms with E-state index in [0.29, 0.717) is 6.54 Å². The summed E-state index contributed by atoms with van der Waals surface area (Å²) in [6.07, 6.45) is 2.54. The van der Waals surface area contributed by atoms with Crippen LogP contribution >= 0.6 is 0 Å². The molecule has 0 saturated heterocycles. The lowest BCUT2D eigenvalue weighted by Gasteiger charge is -2.15. The highest BCUT2D eigenvalue weighted by molar-refractivity contribution is 5.85. The number of aromatic nitrogens is 1. The number of nitrogens with one attached hydrogen (secondary N) is 1. The molecule has 0 amide bonds. The Labute approximate surface area is 112 Å². The van der Waals surface area contributed by atoms with Gasteiger partial charge in [0.2, 0.25) is 0 Å². The third-order valence-electron chi connectivity index (χ3n) is 3.14. The van der Waals surface area contributed by atoms with Crippen molar-refractivity contribution < 1.29 is 5.21 Å². The van der Waals surface area contributed by atoms with Crippen molar-refractivity contribution in [3.8, 4) is 0 Å². The zero-order valence-electron chi connectivity index (χ0n) is 10.9. The van der Waals surface area contributed by atoms with Crippen molar-refractivity contribution in [2.75, 3.05) is 0 Å². The van der Waals surface area contributed by atoms with Crippen LogP contribution in [-0.2, 0) is 6.54 Å². The molecule has 1 aromatic heterocycles. The van der Waals surface area contributed by atoms with E-state index < -0.39 is 0 Å². The van der Waals surface area contributed by atoms with E-state index in [1.54, 1.807) is 6.20 Å². The Bertz CT molecular complexity index is 577. The number of nitrogens with zero attached hydrogens (tertiary/aromatic N) is 2. The maximum Gasteiger partial charge on any atom is 0.156 e. The topological polar surface area (TPSA) is 83.5 Å². The van der Waals surface area contributed by atoms with E-state index in [0.717, 1.165) is 22.9 Å². The van der Waals surface area contributed by atoms with Crippen LogP contribution in [-0.4, -0.2) is 22.1 Å². The Morgan fingerprint density at radius 3 is 2.95 bits per heavy atom. The first kappa shape index (κ1) is 13.3. The highest BCUT2D eigenvalue weighted by Gasteiger charge is 2.11. The first-order valence-electron chi connectivity index (χ1n) is 6.29. The van der Waals surface area contributed by atoms with Gasteiger partial charge in [0.05, 0.1) is 11.6 Å². The van der Waals surface area contributed by atoms with Crippen molar-refractivity contribution in [3.05, 3.63) is 42.1 Å². The normalized spacial score (nSPS) is 13.6. The molecule has 2 aromatic rings. The Balaban J connectivity index is 2.18. The van der Waals surface area contributed by atoms with Crippen molar-refractivity contribution in [1.82, 2.24) is 10.3 Å². The van der Waals surface area contributed by atoms with E-state index in [9.17, 15) is 0 Å². The smallest absolute Gasteiger partial charge is 0.156 e. The fraction of sp³-hybridized carbons (Fsp3) is 0.286.